The predicted molar refractivity (Wildman–Crippen MR) is 132 cm³/mol. The molecule has 0 unspecified atom stereocenters. The molecular formula is C22H32ClN7O3. The molecule has 2 aromatic heterocycles. The van der Waals surface area contributed by atoms with Crippen molar-refractivity contribution in [1.29, 1.82) is 5.41 Å². The Kier molecular flexibility index (Phi) is 10.1. The summed E-state index contributed by atoms with van der Waals surface area (Å²) in [7, 11) is 0. The quantitative estimate of drug-likeness (QED) is 0.115. The van der Waals surface area contributed by atoms with E-state index in [9.17, 15) is 4.79 Å². The average molecular weight is 478 g/mol. The predicted octanol–water partition coefficient (Wildman–Crippen LogP) is 4.37. The lowest BCUT2D eigenvalue weighted by molar-refractivity contribution is 0.253. The van der Waals surface area contributed by atoms with E-state index in [1.54, 1.807) is 19.1 Å². The molecule has 2 amide bonds. The Morgan fingerprint density at radius 3 is 2.67 bits per heavy atom. The first-order valence-electron chi connectivity index (χ1n) is 10.8. The van der Waals surface area contributed by atoms with Crippen LogP contribution in [0.1, 0.15) is 57.6 Å². The number of nitrogens with zero attached hydrogens (tertiary/aromatic N) is 2. The van der Waals surface area contributed by atoms with Crippen LogP contribution in [0.2, 0.25) is 5.15 Å². The fraction of sp³-hybridized carbons (Fsp3) is 0.455. The van der Waals surface area contributed by atoms with Crippen molar-refractivity contribution in [2.75, 3.05) is 35.8 Å². The minimum Gasteiger partial charge on any atom is -0.478 e. The molecule has 0 atom stereocenters. The zero-order valence-electron chi connectivity index (χ0n) is 19.4. The summed E-state index contributed by atoms with van der Waals surface area (Å²) in [5.41, 5.74) is 7.79. The Morgan fingerprint density at radius 1 is 1.27 bits per heavy atom. The Balaban J connectivity index is 2.15. The van der Waals surface area contributed by atoms with Crippen molar-refractivity contribution in [3.63, 3.8) is 0 Å². The first-order chi connectivity index (χ1) is 15.7. The lowest BCUT2D eigenvalue weighted by Crippen LogP contribution is -2.34. The maximum absolute atomic E-state index is 12.4. The molecule has 0 aliphatic carbocycles. The van der Waals surface area contributed by atoms with Crippen molar-refractivity contribution in [3.05, 3.63) is 34.5 Å². The summed E-state index contributed by atoms with van der Waals surface area (Å²) in [4.78, 5) is 21.0. The van der Waals surface area contributed by atoms with E-state index in [0.29, 0.717) is 54.1 Å². The van der Waals surface area contributed by atoms with Crippen LogP contribution in [0.4, 0.5) is 22.1 Å². The van der Waals surface area contributed by atoms with E-state index in [0.717, 1.165) is 12.0 Å². The first-order valence-corrected chi connectivity index (χ1v) is 11.2. The van der Waals surface area contributed by atoms with Gasteiger partial charge >= 0.3 is 6.03 Å². The van der Waals surface area contributed by atoms with E-state index < -0.39 is 6.03 Å². The maximum atomic E-state index is 12.4. The summed E-state index contributed by atoms with van der Waals surface area (Å²) in [6, 6.07) is 4.37. The van der Waals surface area contributed by atoms with Crippen molar-refractivity contribution in [3.8, 4) is 5.88 Å². The second kappa shape index (κ2) is 12.8. The van der Waals surface area contributed by atoms with E-state index in [1.165, 1.54) is 6.07 Å². The Hall–Kier alpha value is -3.11. The number of aliphatic hydroxyl groups is 1. The first kappa shape index (κ1) is 26.1. The van der Waals surface area contributed by atoms with E-state index in [4.69, 9.17) is 26.9 Å². The van der Waals surface area contributed by atoms with Crippen LogP contribution >= 0.6 is 11.6 Å². The molecule has 2 heterocycles. The molecule has 0 aliphatic heterocycles. The van der Waals surface area contributed by atoms with E-state index in [2.05, 4.69) is 31.5 Å². The van der Waals surface area contributed by atoms with Crippen LogP contribution in [0, 0.1) is 5.41 Å². The number of hydrogen-bond acceptors (Lipinski definition) is 8. The summed E-state index contributed by atoms with van der Waals surface area (Å²) in [5, 5.41) is 23.3. The number of halogens is 1. The number of hydrogen-bond donors (Lipinski definition) is 6. The highest BCUT2D eigenvalue weighted by Gasteiger charge is 2.17. The van der Waals surface area contributed by atoms with Gasteiger partial charge in [0.15, 0.2) is 0 Å². The second-order valence-corrected chi connectivity index (χ2v) is 8.06. The fourth-order valence-corrected chi connectivity index (χ4v) is 3.20. The maximum Gasteiger partial charge on any atom is 0.337 e. The molecule has 0 saturated heterocycles. The van der Waals surface area contributed by atoms with Gasteiger partial charge in [-0.05, 0) is 43.4 Å². The van der Waals surface area contributed by atoms with Crippen LogP contribution in [0.3, 0.4) is 0 Å². The fourth-order valence-electron chi connectivity index (χ4n) is 3.00. The third kappa shape index (κ3) is 8.07. The summed E-state index contributed by atoms with van der Waals surface area (Å²) in [6.07, 6.45) is 1.37. The molecule has 0 radical (unpaired) electrons. The number of anilines is 3. The Bertz CT molecular complexity index is 969. The van der Waals surface area contributed by atoms with E-state index >= 15 is 0 Å². The largest absolute Gasteiger partial charge is 0.478 e. The van der Waals surface area contributed by atoms with Gasteiger partial charge in [-0.1, -0.05) is 32.4 Å². The van der Waals surface area contributed by atoms with Gasteiger partial charge in [-0.25, -0.2) is 14.8 Å². The Morgan fingerprint density at radius 2 is 2.03 bits per heavy atom. The molecule has 180 valence electrons. The van der Waals surface area contributed by atoms with Crippen molar-refractivity contribution in [2.24, 2.45) is 0 Å². The lowest BCUT2D eigenvalue weighted by Gasteiger charge is -2.19. The van der Waals surface area contributed by atoms with Gasteiger partial charge in [0.25, 0.3) is 0 Å². The van der Waals surface area contributed by atoms with Gasteiger partial charge in [-0.2, -0.15) is 0 Å². The zero-order chi connectivity index (χ0) is 24.4. The normalized spacial score (nSPS) is 10.6. The zero-order valence-corrected chi connectivity index (χ0v) is 20.1. The number of amides is 2. The molecule has 6 N–H and O–H groups in total. The van der Waals surface area contributed by atoms with Crippen molar-refractivity contribution in [1.82, 2.24) is 15.4 Å². The van der Waals surface area contributed by atoms with Gasteiger partial charge < -0.3 is 25.9 Å². The molecule has 0 fully saturated rings. The minimum absolute atomic E-state index is 0.0484. The summed E-state index contributed by atoms with van der Waals surface area (Å²) in [5.74, 6) is 1.37. The second-order valence-electron chi connectivity index (χ2n) is 7.67. The number of carbonyl (C=O) groups excluding carboxylic acids is 1. The SMILES string of the molecule is CCCOc1cc(NC(=O)NNc2cc(C(C)C)c(C(C)=N)c(NCCCO)n2)cc(Cl)n1. The van der Waals surface area contributed by atoms with Gasteiger partial charge in [0.05, 0.1) is 12.3 Å². The molecule has 0 aromatic carbocycles. The highest BCUT2D eigenvalue weighted by atomic mass is 35.5. The highest BCUT2D eigenvalue weighted by molar-refractivity contribution is 6.29. The van der Waals surface area contributed by atoms with E-state index in [1.807, 2.05) is 20.8 Å². The lowest BCUT2D eigenvalue weighted by atomic mass is 9.95. The third-order valence-corrected chi connectivity index (χ3v) is 4.65. The standard InChI is InChI=1S/C22H32ClN7O3/c1-5-9-33-19-11-15(10-17(23)27-19)26-22(32)30-29-18-12-16(13(2)3)20(14(4)24)21(28-18)25-7-6-8-31/h10-13,24,31H,5-9H2,1-4H3,(H2,25,28,29)(H2,26,27,30,32). The van der Waals surface area contributed by atoms with Crippen molar-refractivity contribution >= 4 is 40.7 Å². The monoisotopic (exact) mass is 477 g/mol. The highest BCUT2D eigenvalue weighted by Crippen LogP contribution is 2.28. The summed E-state index contributed by atoms with van der Waals surface area (Å²) >= 11 is 6.01. The molecule has 33 heavy (non-hydrogen) atoms. The molecule has 0 saturated carbocycles. The van der Waals surface area contributed by atoms with Crippen LogP contribution in [0.25, 0.3) is 0 Å². The number of nitrogens with one attached hydrogen (secondary N) is 5. The molecule has 0 spiro atoms. The van der Waals surface area contributed by atoms with Gasteiger partial charge in [0.2, 0.25) is 5.88 Å². The summed E-state index contributed by atoms with van der Waals surface area (Å²) in [6.45, 7) is 8.77. The van der Waals surface area contributed by atoms with Crippen LogP contribution in [0.5, 0.6) is 5.88 Å². The molecule has 2 rings (SSSR count). The number of ether oxygens (including phenoxy) is 1. The topological polar surface area (TPSA) is 144 Å². The number of urea groups is 1. The van der Waals surface area contributed by atoms with Gasteiger partial charge in [0, 0.05) is 30.5 Å². The third-order valence-electron chi connectivity index (χ3n) is 4.46. The van der Waals surface area contributed by atoms with Crippen molar-refractivity contribution in [2.45, 2.75) is 46.5 Å². The number of carbonyl (C=O) groups is 1. The molecule has 2 aromatic rings. The number of pyridine rings is 2. The van der Waals surface area contributed by atoms with Gasteiger partial charge in [-0.15, -0.1) is 0 Å². The molecular weight excluding hydrogens is 446 g/mol. The number of aromatic nitrogens is 2. The van der Waals surface area contributed by atoms with Crippen LogP contribution in [0.15, 0.2) is 18.2 Å². The van der Waals surface area contributed by atoms with Gasteiger partial charge in [0.1, 0.15) is 16.8 Å². The number of aliphatic hydroxyl groups excluding tert-OH is 1. The van der Waals surface area contributed by atoms with Crippen LogP contribution < -0.4 is 26.2 Å². The van der Waals surface area contributed by atoms with Crippen LogP contribution in [-0.4, -0.2) is 46.6 Å². The Labute approximate surface area is 199 Å². The molecule has 0 aliphatic rings. The number of hydrazine groups is 1. The average Bonchev–Trinajstić information content (AvgIpc) is 2.75. The van der Waals surface area contributed by atoms with Gasteiger partial charge in [-0.3, -0.25) is 10.9 Å². The molecule has 11 heteroatoms. The number of rotatable bonds is 12. The minimum atomic E-state index is -0.534. The van der Waals surface area contributed by atoms with Crippen LogP contribution in [-0.2, 0) is 0 Å². The summed E-state index contributed by atoms with van der Waals surface area (Å²) < 4.78 is 5.47. The molecule has 0 bridgehead atoms. The molecule has 10 nitrogen and oxygen atoms in total. The smallest absolute Gasteiger partial charge is 0.337 e. The van der Waals surface area contributed by atoms with Crippen molar-refractivity contribution < 1.29 is 14.6 Å². The van der Waals surface area contributed by atoms with E-state index in [-0.39, 0.29) is 17.7 Å².